The van der Waals surface area contributed by atoms with Crippen LogP contribution in [0, 0.1) is 16.0 Å². The third-order valence-corrected chi connectivity index (χ3v) is 5.20. The fraction of sp³-hybridized carbons (Fsp3) is 0.357. The Hall–Kier alpha value is -2.75. The molecule has 4 N–H and O–H groups in total. The topological polar surface area (TPSA) is 144 Å². The molecule has 0 radical (unpaired) electrons. The molecule has 2 amide bonds. The number of fused-ring (bicyclic) bond motifs is 1. The monoisotopic (exact) mass is 349 g/mol. The number of rotatable bonds is 4. The smallest absolute Gasteiger partial charge is 0.319 e. The summed E-state index contributed by atoms with van der Waals surface area (Å²) in [6.07, 6.45) is 3.46. The van der Waals surface area contributed by atoms with Crippen molar-refractivity contribution in [3.8, 4) is 0 Å². The summed E-state index contributed by atoms with van der Waals surface area (Å²) in [5.41, 5.74) is 5.96. The molecule has 0 fully saturated rings. The molecule has 1 aliphatic carbocycles. The number of nitro groups is 1. The summed E-state index contributed by atoms with van der Waals surface area (Å²) in [5, 5.41) is 19.6. The summed E-state index contributed by atoms with van der Waals surface area (Å²) in [6.45, 7) is 2.12. The molecule has 10 heteroatoms. The minimum absolute atomic E-state index is 0.268. The number of hydrogen-bond donors (Lipinski definition) is 3. The van der Waals surface area contributed by atoms with Crippen LogP contribution >= 0.6 is 11.3 Å². The predicted molar refractivity (Wildman–Crippen MR) is 87.2 cm³/mol. The van der Waals surface area contributed by atoms with Gasteiger partial charge in [-0.25, -0.2) is 0 Å². The minimum atomic E-state index is -0.728. The summed E-state index contributed by atoms with van der Waals surface area (Å²) >= 11 is 1.30. The van der Waals surface area contributed by atoms with Crippen molar-refractivity contribution >= 4 is 33.8 Å². The van der Waals surface area contributed by atoms with Crippen LogP contribution in [0.4, 0.5) is 10.7 Å². The van der Waals surface area contributed by atoms with Crippen LogP contribution < -0.4 is 11.1 Å². The second-order valence-electron chi connectivity index (χ2n) is 5.76. The molecule has 2 aromatic rings. The molecule has 9 nitrogen and oxygen atoms in total. The van der Waals surface area contributed by atoms with Crippen LogP contribution in [0.15, 0.2) is 6.20 Å². The summed E-state index contributed by atoms with van der Waals surface area (Å²) in [4.78, 5) is 35.4. The summed E-state index contributed by atoms with van der Waals surface area (Å²) in [7, 11) is 0. The Morgan fingerprint density at radius 2 is 2.29 bits per heavy atom. The van der Waals surface area contributed by atoms with Gasteiger partial charge in [-0.05, 0) is 30.7 Å². The molecule has 2 heterocycles. The van der Waals surface area contributed by atoms with E-state index in [2.05, 4.69) is 22.4 Å². The molecule has 3 rings (SSSR count). The summed E-state index contributed by atoms with van der Waals surface area (Å²) in [5.74, 6) is -0.848. The van der Waals surface area contributed by atoms with Gasteiger partial charge in [0.1, 0.15) is 11.2 Å². The van der Waals surface area contributed by atoms with Crippen molar-refractivity contribution in [2.24, 2.45) is 11.7 Å². The molecule has 0 spiro atoms. The van der Waals surface area contributed by atoms with E-state index < -0.39 is 22.4 Å². The normalized spacial score (nSPS) is 16.5. The van der Waals surface area contributed by atoms with Gasteiger partial charge in [0.15, 0.2) is 0 Å². The molecule has 1 unspecified atom stereocenters. The molecular weight excluding hydrogens is 334 g/mol. The number of carbonyl (C=O) groups is 2. The fourth-order valence-corrected chi connectivity index (χ4v) is 4.26. The Morgan fingerprint density at radius 1 is 1.54 bits per heavy atom. The zero-order valence-electron chi connectivity index (χ0n) is 12.8. The number of aromatic nitrogens is 2. The van der Waals surface area contributed by atoms with Crippen molar-refractivity contribution in [1.82, 2.24) is 10.2 Å². The third kappa shape index (κ3) is 2.75. The van der Waals surface area contributed by atoms with E-state index >= 15 is 0 Å². The highest BCUT2D eigenvalue weighted by Gasteiger charge is 2.29. The lowest BCUT2D eigenvalue weighted by Gasteiger charge is -2.18. The lowest BCUT2D eigenvalue weighted by molar-refractivity contribution is -0.385. The number of anilines is 1. The number of thiophene rings is 1. The number of hydrogen-bond acceptors (Lipinski definition) is 6. The highest BCUT2D eigenvalue weighted by Crippen LogP contribution is 2.39. The van der Waals surface area contributed by atoms with Gasteiger partial charge in [-0.15, -0.1) is 11.3 Å². The average Bonchev–Trinajstić information content (AvgIpc) is 3.10. The Balaban J connectivity index is 1.95. The first-order valence-electron chi connectivity index (χ1n) is 7.32. The molecule has 0 aliphatic heterocycles. The Bertz CT molecular complexity index is 840. The average molecular weight is 349 g/mol. The molecule has 1 aliphatic rings. The van der Waals surface area contributed by atoms with Gasteiger partial charge >= 0.3 is 5.69 Å². The number of nitrogens with one attached hydrogen (secondary N) is 2. The number of H-pyrrole nitrogens is 1. The van der Waals surface area contributed by atoms with Crippen LogP contribution in [0.5, 0.6) is 0 Å². The zero-order chi connectivity index (χ0) is 17.4. The van der Waals surface area contributed by atoms with E-state index in [1.165, 1.54) is 11.3 Å². The van der Waals surface area contributed by atoms with Crippen LogP contribution in [0.3, 0.4) is 0 Å². The van der Waals surface area contributed by atoms with E-state index in [4.69, 9.17) is 5.73 Å². The van der Waals surface area contributed by atoms with Crippen molar-refractivity contribution in [3.63, 3.8) is 0 Å². The molecule has 2 aromatic heterocycles. The summed E-state index contributed by atoms with van der Waals surface area (Å²) < 4.78 is 0. The van der Waals surface area contributed by atoms with E-state index in [9.17, 15) is 19.7 Å². The number of nitrogens with zero attached hydrogens (tertiary/aromatic N) is 2. The van der Waals surface area contributed by atoms with Crippen molar-refractivity contribution in [2.75, 3.05) is 5.32 Å². The van der Waals surface area contributed by atoms with Crippen molar-refractivity contribution in [3.05, 3.63) is 38.0 Å². The van der Waals surface area contributed by atoms with Gasteiger partial charge in [0.25, 0.3) is 11.8 Å². The van der Waals surface area contributed by atoms with Gasteiger partial charge in [-0.2, -0.15) is 5.10 Å². The van der Waals surface area contributed by atoms with Crippen molar-refractivity contribution < 1.29 is 14.5 Å². The standard InChI is InChI=1S/C14H15N5O4S/c1-6-2-3-7-9(4-6)24-14(10(7)12(15)20)17-13(21)11-8(19(22)23)5-16-18-11/h5-6H,2-4H2,1H3,(H2,15,20)(H,16,18)(H,17,21). The molecule has 24 heavy (non-hydrogen) atoms. The maximum absolute atomic E-state index is 12.3. The fourth-order valence-electron chi connectivity index (χ4n) is 2.85. The zero-order valence-corrected chi connectivity index (χ0v) is 13.6. The van der Waals surface area contributed by atoms with Crippen LogP contribution in [0.25, 0.3) is 0 Å². The predicted octanol–water partition coefficient (Wildman–Crippen LogP) is 1.86. The second-order valence-corrected chi connectivity index (χ2v) is 6.87. The largest absolute Gasteiger partial charge is 0.365 e. The lowest BCUT2D eigenvalue weighted by Crippen LogP contribution is -2.20. The van der Waals surface area contributed by atoms with Gasteiger partial charge in [-0.1, -0.05) is 6.92 Å². The molecular formula is C14H15N5O4S. The van der Waals surface area contributed by atoms with Crippen molar-refractivity contribution in [1.29, 1.82) is 0 Å². The van der Waals surface area contributed by atoms with E-state index in [0.29, 0.717) is 16.5 Å². The molecule has 1 atom stereocenters. The minimum Gasteiger partial charge on any atom is -0.365 e. The quantitative estimate of drug-likeness (QED) is 0.570. The maximum Gasteiger partial charge on any atom is 0.319 e. The van der Waals surface area contributed by atoms with Crippen LogP contribution in [0.1, 0.15) is 44.6 Å². The maximum atomic E-state index is 12.3. The molecule has 0 aromatic carbocycles. The van der Waals surface area contributed by atoms with Gasteiger partial charge in [0, 0.05) is 4.88 Å². The van der Waals surface area contributed by atoms with Gasteiger partial charge in [-0.3, -0.25) is 24.8 Å². The van der Waals surface area contributed by atoms with Crippen LogP contribution in [0.2, 0.25) is 0 Å². The first kappa shape index (κ1) is 16.1. The number of aromatic amines is 1. The first-order chi connectivity index (χ1) is 11.4. The van der Waals surface area contributed by atoms with Crippen LogP contribution in [-0.2, 0) is 12.8 Å². The van der Waals surface area contributed by atoms with Crippen LogP contribution in [-0.4, -0.2) is 26.9 Å². The highest BCUT2D eigenvalue weighted by molar-refractivity contribution is 7.17. The first-order valence-corrected chi connectivity index (χ1v) is 8.13. The van der Waals surface area contributed by atoms with E-state index in [0.717, 1.165) is 35.9 Å². The molecule has 0 saturated carbocycles. The second kappa shape index (κ2) is 6.04. The van der Waals surface area contributed by atoms with Crippen molar-refractivity contribution in [2.45, 2.75) is 26.2 Å². The lowest BCUT2D eigenvalue weighted by atomic mass is 9.88. The van der Waals surface area contributed by atoms with Gasteiger partial charge in [0.2, 0.25) is 5.69 Å². The summed E-state index contributed by atoms with van der Waals surface area (Å²) in [6, 6.07) is 0. The van der Waals surface area contributed by atoms with E-state index in [-0.39, 0.29) is 5.69 Å². The Morgan fingerprint density at radius 3 is 2.96 bits per heavy atom. The number of amides is 2. The van der Waals surface area contributed by atoms with E-state index in [1.807, 2.05) is 0 Å². The highest BCUT2D eigenvalue weighted by atomic mass is 32.1. The number of nitrogens with two attached hydrogens (primary N) is 1. The third-order valence-electron chi connectivity index (χ3n) is 4.03. The number of carbonyl (C=O) groups excluding carboxylic acids is 2. The van der Waals surface area contributed by atoms with Gasteiger partial charge in [0.05, 0.1) is 10.5 Å². The Labute approximate surface area is 140 Å². The SMILES string of the molecule is CC1CCc2c(sc(NC(=O)c3[nH]ncc3[N+](=O)[O-])c2C(N)=O)C1. The molecule has 0 bridgehead atoms. The van der Waals surface area contributed by atoms with E-state index in [1.54, 1.807) is 0 Å². The van der Waals surface area contributed by atoms with Gasteiger partial charge < -0.3 is 11.1 Å². The molecule has 0 saturated heterocycles. The molecule has 126 valence electrons. The number of primary amides is 1. The Kier molecular flexibility index (Phi) is 4.06.